The zero-order valence-corrected chi connectivity index (χ0v) is 14.2. The third-order valence-corrected chi connectivity index (χ3v) is 4.53. The van der Waals surface area contributed by atoms with Crippen molar-refractivity contribution >= 4 is 33.5 Å². The smallest absolute Gasteiger partial charge is 0.271 e. The van der Waals surface area contributed by atoms with Crippen molar-refractivity contribution in [1.82, 2.24) is 19.6 Å². The Hall–Kier alpha value is -3.40. The highest BCUT2D eigenvalue weighted by atomic mass is 32.1. The number of aryl methyl sites for hydroxylation is 1. The van der Waals surface area contributed by atoms with E-state index in [1.165, 1.54) is 40.1 Å². The maximum Gasteiger partial charge on any atom is 0.271 e. The van der Waals surface area contributed by atoms with Gasteiger partial charge in [0.15, 0.2) is 10.8 Å². The normalized spacial score (nSPS) is 11.0. The predicted molar refractivity (Wildman–Crippen MR) is 95.2 cm³/mol. The number of hydrogen-bond acceptors (Lipinski definition) is 7. The van der Waals surface area contributed by atoms with E-state index in [0.29, 0.717) is 27.9 Å². The van der Waals surface area contributed by atoms with Crippen LogP contribution in [0, 0.1) is 23.0 Å². The number of non-ortho nitro benzene ring substituents is 1. The number of anilines is 2. The van der Waals surface area contributed by atoms with Crippen molar-refractivity contribution < 1.29 is 9.31 Å². The maximum atomic E-state index is 13.4. The second-order valence-corrected chi connectivity index (χ2v) is 6.35. The Kier molecular flexibility index (Phi) is 3.81. The van der Waals surface area contributed by atoms with Crippen LogP contribution in [-0.2, 0) is 0 Å². The van der Waals surface area contributed by atoms with Crippen molar-refractivity contribution in [2.24, 2.45) is 0 Å². The van der Waals surface area contributed by atoms with Gasteiger partial charge >= 0.3 is 0 Å². The topological polar surface area (TPSA) is 98.2 Å². The molecule has 0 unspecified atom stereocenters. The molecule has 130 valence electrons. The first-order valence-electron chi connectivity index (χ1n) is 7.49. The molecule has 26 heavy (non-hydrogen) atoms. The molecule has 3 aromatic heterocycles. The van der Waals surface area contributed by atoms with Crippen LogP contribution in [0.25, 0.3) is 17.0 Å². The molecule has 4 aromatic rings. The first-order chi connectivity index (χ1) is 12.5. The third-order valence-electron chi connectivity index (χ3n) is 3.77. The summed E-state index contributed by atoms with van der Waals surface area (Å²) in [4.78, 5) is 19.1. The highest BCUT2D eigenvalue weighted by Crippen LogP contribution is 2.30. The van der Waals surface area contributed by atoms with Crippen LogP contribution in [0.5, 0.6) is 0 Å². The van der Waals surface area contributed by atoms with E-state index < -0.39 is 10.9 Å². The summed E-state index contributed by atoms with van der Waals surface area (Å²) in [7, 11) is 0. The van der Waals surface area contributed by atoms with E-state index in [4.69, 9.17) is 0 Å². The number of thiazole rings is 1. The summed E-state index contributed by atoms with van der Waals surface area (Å²) in [5.74, 6) is -0.613. The van der Waals surface area contributed by atoms with Crippen LogP contribution in [0.3, 0.4) is 0 Å². The molecule has 0 aliphatic heterocycles. The zero-order valence-electron chi connectivity index (χ0n) is 13.4. The van der Waals surface area contributed by atoms with Gasteiger partial charge in [0.25, 0.3) is 5.69 Å². The van der Waals surface area contributed by atoms with Gasteiger partial charge in [-0.25, -0.2) is 14.5 Å². The lowest BCUT2D eigenvalue weighted by atomic mass is 10.2. The number of fused-ring (bicyclic) bond motifs is 1. The molecule has 10 heteroatoms. The molecule has 0 amide bonds. The number of nitrogens with one attached hydrogen (secondary N) is 1. The molecule has 0 saturated heterocycles. The van der Waals surface area contributed by atoms with Crippen molar-refractivity contribution in [3.8, 4) is 11.4 Å². The predicted octanol–water partition coefficient (Wildman–Crippen LogP) is 3.95. The highest BCUT2D eigenvalue weighted by Gasteiger charge is 2.14. The monoisotopic (exact) mass is 370 g/mol. The van der Waals surface area contributed by atoms with Crippen molar-refractivity contribution in [2.75, 3.05) is 5.32 Å². The summed E-state index contributed by atoms with van der Waals surface area (Å²) < 4.78 is 14.8. The Morgan fingerprint density at radius 1 is 1.31 bits per heavy atom. The van der Waals surface area contributed by atoms with Gasteiger partial charge in [0.1, 0.15) is 11.4 Å². The molecule has 0 atom stereocenters. The van der Waals surface area contributed by atoms with E-state index in [1.54, 1.807) is 17.6 Å². The Morgan fingerprint density at radius 3 is 2.96 bits per heavy atom. The fourth-order valence-electron chi connectivity index (χ4n) is 2.45. The van der Waals surface area contributed by atoms with Crippen LogP contribution in [0.2, 0.25) is 0 Å². The Bertz CT molecular complexity index is 1140. The summed E-state index contributed by atoms with van der Waals surface area (Å²) in [5.41, 5.74) is 3.09. The van der Waals surface area contributed by atoms with Gasteiger partial charge < -0.3 is 5.32 Å². The number of benzene rings is 1. The maximum absolute atomic E-state index is 13.4. The van der Waals surface area contributed by atoms with E-state index >= 15 is 0 Å². The first-order valence-corrected chi connectivity index (χ1v) is 8.37. The van der Waals surface area contributed by atoms with Gasteiger partial charge in [-0.15, -0.1) is 16.4 Å². The molecule has 0 bridgehead atoms. The minimum Gasteiger partial charge on any atom is -0.331 e. The highest BCUT2D eigenvalue weighted by molar-refractivity contribution is 7.14. The van der Waals surface area contributed by atoms with Gasteiger partial charge in [-0.1, -0.05) is 6.07 Å². The first kappa shape index (κ1) is 16.1. The fraction of sp³-hybridized carbons (Fsp3) is 0.0625. The largest absolute Gasteiger partial charge is 0.331 e. The second-order valence-electron chi connectivity index (χ2n) is 5.49. The summed E-state index contributed by atoms with van der Waals surface area (Å²) in [6.07, 6.45) is 1.57. The summed E-state index contributed by atoms with van der Waals surface area (Å²) >= 11 is 1.32. The molecule has 1 N–H and O–H groups in total. The summed E-state index contributed by atoms with van der Waals surface area (Å²) in [6.45, 7) is 1.84. The van der Waals surface area contributed by atoms with Gasteiger partial charge in [0, 0.05) is 17.5 Å². The van der Waals surface area contributed by atoms with Crippen LogP contribution in [0.15, 0.2) is 41.9 Å². The number of halogens is 1. The van der Waals surface area contributed by atoms with E-state index in [9.17, 15) is 14.5 Å². The number of nitro groups is 1. The molecule has 4 rings (SSSR count). The number of nitrogens with zero attached hydrogens (tertiary/aromatic N) is 5. The number of rotatable bonds is 4. The molecular weight excluding hydrogens is 359 g/mol. The van der Waals surface area contributed by atoms with E-state index in [-0.39, 0.29) is 5.69 Å². The molecule has 0 spiro atoms. The van der Waals surface area contributed by atoms with Crippen LogP contribution in [-0.4, -0.2) is 24.5 Å². The second kappa shape index (κ2) is 6.15. The van der Waals surface area contributed by atoms with E-state index in [2.05, 4.69) is 20.4 Å². The minimum absolute atomic E-state index is 0.00339. The number of aromatic nitrogens is 4. The van der Waals surface area contributed by atoms with Gasteiger partial charge in [-0.2, -0.15) is 4.39 Å². The Balaban J connectivity index is 1.67. The zero-order chi connectivity index (χ0) is 18.3. The van der Waals surface area contributed by atoms with Gasteiger partial charge in [0.05, 0.1) is 16.8 Å². The van der Waals surface area contributed by atoms with Gasteiger partial charge in [0.2, 0.25) is 5.95 Å². The average molecular weight is 370 g/mol. The molecule has 1 aromatic carbocycles. The van der Waals surface area contributed by atoms with Crippen molar-refractivity contribution in [2.45, 2.75) is 6.92 Å². The lowest BCUT2D eigenvalue weighted by Gasteiger charge is -2.06. The quantitative estimate of drug-likeness (QED) is 0.431. The Labute approximate surface area is 150 Å². The molecule has 0 aliphatic rings. The van der Waals surface area contributed by atoms with E-state index in [0.717, 1.165) is 5.56 Å². The number of hydrogen-bond donors (Lipinski definition) is 1. The lowest BCUT2D eigenvalue weighted by Crippen LogP contribution is -1.97. The molecule has 0 radical (unpaired) electrons. The summed E-state index contributed by atoms with van der Waals surface area (Å²) in [5, 5.41) is 20.2. The van der Waals surface area contributed by atoms with Crippen molar-refractivity contribution in [1.29, 1.82) is 0 Å². The van der Waals surface area contributed by atoms with Crippen LogP contribution >= 0.6 is 11.3 Å². The van der Waals surface area contributed by atoms with Crippen LogP contribution in [0.1, 0.15) is 5.56 Å². The van der Waals surface area contributed by atoms with Crippen LogP contribution in [0.4, 0.5) is 20.9 Å². The molecule has 0 fully saturated rings. The van der Waals surface area contributed by atoms with Gasteiger partial charge in [-0.05, 0) is 24.6 Å². The van der Waals surface area contributed by atoms with E-state index in [1.807, 2.05) is 6.92 Å². The lowest BCUT2D eigenvalue weighted by molar-refractivity contribution is -0.384. The van der Waals surface area contributed by atoms with Crippen molar-refractivity contribution in [3.05, 3.63) is 63.5 Å². The number of imidazole rings is 1. The molecule has 0 saturated carbocycles. The number of nitro benzene ring substituents is 1. The van der Waals surface area contributed by atoms with Crippen molar-refractivity contribution in [3.63, 3.8) is 0 Å². The molecular formula is C16H11FN6O2S. The van der Waals surface area contributed by atoms with Crippen LogP contribution < -0.4 is 5.32 Å². The Morgan fingerprint density at radius 2 is 2.15 bits per heavy atom. The summed E-state index contributed by atoms with van der Waals surface area (Å²) in [6, 6.07) is 7.36. The SMILES string of the molecule is Cc1ccc([N+](=O)[O-])cc1Nc1nc(-c2cnc3ccc(F)nn23)cs1. The molecule has 8 nitrogen and oxygen atoms in total. The average Bonchev–Trinajstić information content (AvgIpc) is 3.22. The van der Waals surface area contributed by atoms with Gasteiger partial charge in [-0.3, -0.25) is 10.1 Å². The molecule has 3 heterocycles. The standard InChI is InChI=1S/C16H11FN6O2S/c1-9-2-3-10(23(24)25)6-11(9)19-16-20-12(8-26-16)13-7-18-15-5-4-14(17)21-22(13)15/h2-8H,1H3,(H,19,20). The fourth-order valence-corrected chi connectivity index (χ4v) is 3.16. The minimum atomic E-state index is -0.613. The third kappa shape index (κ3) is 2.86. The molecule has 0 aliphatic carbocycles.